The van der Waals surface area contributed by atoms with Crippen LogP contribution in [0.5, 0.6) is 0 Å². The normalized spacial score (nSPS) is 24.7. The zero-order chi connectivity index (χ0) is 25.3. The number of ether oxygens (including phenoxy) is 3. The third kappa shape index (κ3) is 4.19. The van der Waals surface area contributed by atoms with Gasteiger partial charge >= 0.3 is 5.69 Å². The zero-order valence-corrected chi connectivity index (χ0v) is 20.3. The first kappa shape index (κ1) is 24.2. The summed E-state index contributed by atoms with van der Waals surface area (Å²) in [5.41, 5.74) is 0.0413. The molecule has 1 unspecified atom stereocenters. The molecular weight excluding hydrogens is 462 g/mol. The van der Waals surface area contributed by atoms with Crippen LogP contribution in [0.4, 0.5) is 0 Å². The van der Waals surface area contributed by atoms with Crippen molar-refractivity contribution in [1.29, 1.82) is 0 Å². The van der Waals surface area contributed by atoms with Crippen LogP contribution >= 0.6 is 0 Å². The summed E-state index contributed by atoms with van der Waals surface area (Å²) in [7, 11) is 0. The fourth-order valence-electron chi connectivity index (χ4n) is 4.96. The van der Waals surface area contributed by atoms with Gasteiger partial charge in [0.15, 0.2) is 11.8 Å². The van der Waals surface area contributed by atoms with Crippen molar-refractivity contribution < 1.29 is 19.0 Å². The van der Waals surface area contributed by atoms with Crippen LogP contribution in [0.15, 0.2) is 76.4 Å². The molecule has 3 aromatic rings. The maximum absolute atomic E-state index is 13.4. The minimum atomic E-state index is -1.22. The molecule has 2 fully saturated rings. The van der Waals surface area contributed by atoms with Gasteiger partial charge in [0.1, 0.15) is 18.9 Å². The highest BCUT2D eigenvalue weighted by atomic mass is 16.6. The summed E-state index contributed by atoms with van der Waals surface area (Å²) in [5.74, 6) is -0.256. The highest BCUT2D eigenvalue weighted by Crippen LogP contribution is 2.45. The molecule has 3 heterocycles. The molecule has 4 atom stereocenters. The quantitative estimate of drug-likeness (QED) is 0.493. The molecular formula is C27H29N3O6. The number of nitrogens with one attached hydrogen (secondary N) is 1. The number of nitrogens with zero attached hydrogens (tertiary/aromatic N) is 2. The van der Waals surface area contributed by atoms with Gasteiger partial charge in [0, 0.05) is 11.8 Å². The number of rotatable bonds is 9. The Kier molecular flexibility index (Phi) is 6.61. The maximum Gasteiger partial charge on any atom is 0.335 e. The molecule has 1 aromatic heterocycles. The smallest absolute Gasteiger partial charge is 0.335 e. The van der Waals surface area contributed by atoms with E-state index in [9.17, 15) is 14.4 Å². The van der Waals surface area contributed by atoms with Crippen LogP contribution in [-0.4, -0.2) is 32.8 Å². The monoisotopic (exact) mass is 491 g/mol. The summed E-state index contributed by atoms with van der Waals surface area (Å²) in [5, 5.41) is 2.96. The Labute approximate surface area is 208 Å². The molecule has 0 aliphatic carbocycles. The number of fused-ring (bicyclic) bond motifs is 2. The molecule has 2 aromatic carbocycles. The van der Waals surface area contributed by atoms with Gasteiger partial charge in [-0.05, 0) is 24.5 Å². The lowest BCUT2D eigenvalue weighted by Crippen LogP contribution is -2.51. The number of aryl methyl sites for hydroxylation is 1. The molecule has 2 aliphatic heterocycles. The first-order chi connectivity index (χ1) is 17.4. The molecule has 1 N–H and O–H groups in total. The van der Waals surface area contributed by atoms with Crippen molar-refractivity contribution in [2.75, 3.05) is 0 Å². The third-order valence-electron chi connectivity index (χ3n) is 6.88. The Morgan fingerprint density at radius 2 is 1.61 bits per heavy atom. The predicted molar refractivity (Wildman–Crippen MR) is 131 cm³/mol. The lowest BCUT2D eigenvalue weighted by atomic mass is 9.95. The van der Waals surface area contributed by atoms with Crippen molar-refractivity contribution in [1.82, 2.24) is 14.5 Å². The summed E-state index contributed by atoms with van der Waals surface area (Å²) < 4.78 is 20.6. The van der Waals surface area contributed by atoms with Crippen molar-refractivity contribution in [3.05, 3.63) is 104 Å². The number of hydrogen-bond acceptors (Lipinski definition) is 6. The lowest BCUT2D eigenvalue weighted by molar-refractivity contribution is -0.166. The van der Waals surface area contributed by atoms with E-state index in [0.717, 1.165) is 15.7 Å². The van der Waals surface area contributed by atoms with Gasteiger partial charge in [0.05, 0.1) is 13.2 Å². The minimum Gasteiger partial charge on any atom is -0.368 e. The molecule has 2 aliphatic rings. The number of aromatic nitrogens is 2. The van der Waals surface area contributed by atoms with E-state index >= 15 is 0 Å². The molecule has 0 radical (unpaired) electrons. The fraction of sp³-hybridized carbons (Fsp3) is 0.370. The van der Waals surface area contributed by atoms with Gasteiger partial charge in [0.25, 0.3) is 11.5 Å². The van der Waals surface area contributed by atoms with Gasteiger partial charge in [-0.25, -0.2) is 9.36 Å². The number of carbonyl (C=O) groups is 1. The highest BCUT2D eigenvalue weighted by molar-refractivity contribution is 5.90. The Balaban J connectivity index is 1.41. The van der Waals surface area contributed by atoms with Gasteiger partial charge in [-0.2, -0.15) is 0 Å². The lowest BCUT2D eigenvalue weighted by Gasteiger charge is -2.30. The minimum absolute atomic E-state index is 0.204. The van der Waals surface area contributed by atoms with E-state index in [4.69, 9.17) is 14.2 Å². The molecule has 2 saturated heterocycles. The van der Waals surface area contributed by atoms with Gasteiger partial charge in [-0.3, -0.25) is 14.2 Å². The van der Waals surface area contributed by atoms with E-state index < -0.39 is 35.2 Å². The number of morpholine rings is 1. The van der Waals surface area contributed by atoms with Gasteiger partial charge in [0.2, 0.25) is 0 Å². The molecule has 9 nitrogen and oxygen atoms in total. The van der Waals surface area contributed by atoms with Gasteiger partial charge in [-0.1, -0.05) is 67.6 Å². The number of benzene rings is 2. The van der Waals surface area contributed by atoms with Crippen LogP contribution in [0.1, 0.15) is 36.3 Å². The summed E-state index contributed by atoms with van der Waals surface area (Å²) in [4.78, 5) is 39.1. The van der Waals surface area contributed by atoms with E-state index in [2.05, 4.69) is 5.32 Å². The van der Waals surface area contributed by atoms with E-state index in [-0.39, 0.29) is 19.2 Å². The highest BCUT2D eigenvalue weighted by Gasteiger charge is 2.66. The van der Waals surface area contributed by atoms with Crippen LogP contribution in [0.25, 0.3) is 0 Å². The molecule has 188 valence electrons. The zero-order valence-electron chi connectivity index (χ0n) is 20.3. The molecule has 2 bridgehead atoms. The van der Waals surface area contributed by atoms with Crippen molar-refractivity contribution in [3.63, 3.8) is 0 Å². The van der Waals surface area contributed by atoms with Crippen LogP contribution in [0.3, 0.4) is 0 Å². The average Bonchev–Trinajstić information content (AvgIpc) is 3.36. The summed E-state index contributed by atoms with van der Waals surface area (Å²) in [6, 6.07) is 18.6. The molecule has 5 rings (SSSR count). The molecule has 0 spiro atoms. The van der Waals surface area contributed by atoms with Crippen molar-refractivity contribution in [2.24, 2.45) is 0 Å². The number of carbonyl (C=O) groups excluding carboxylic acids is 1. The Morgan fingerprint density at radius 3 is 2.25 bits per heavy atom. The van der Waals surface area contributed by atoms with E-state index in [1.807, 2.05) is 67.6 Å². The average molecular weight is 492 g/mol. The Bertz CT molecular complexity index is 1350. The molecule has 0 saturated carbocycles. The first-order valence-electron chi connectivity index (χ1n) is 12.0. The van der Waals surface area contributed by atoms with E-state index in [1.165, 1.54) is 10.8 Å². The number of amides is 1. The third-order valence-corrected chi connectivity index (χ3v) is 6.88. The second-order valence-corrected chi connectivity index (χ2v) is 9.17. The van der Waals surface area contributed by atoms with Crippen LogP contribution in [-0.2, 0) is 38.9 Å². The van der Waals surface area contributed by atoms with Gasteiger partial charge in [-0.15, -0.1) is 0 Å². The second-order valence-electron chi connectivity index (χ2n) is 9.17. The second kappa shape index (κ2) is 9.85. The van der Waals surface area contributed by atoms with E-state index in [1.54, 1.807) is 6.92 Å². The van der Waals surface area contributed by atoms with Crippen LogP contribution < -0.4 is 16.6 Å². The fourth-order valence-corrected chi connectivity index (χ4v) is 4.96. The van der Waals surface area contributed by atoms with Gasteiger partial charge < -0.3 is 19.5 Å². The van der Waals surface area contributed by atoms with Crippen molar-refractivity contribution >= 4 is 5.91 Å². The van der Waals surface area contributed by atoms with Crippen molar-refractivity contribution in [3.8, 4) is 0 Å². The SMILES string of the molecule is CC[C@@]12O[C@@H](n3cc(C)c(=O)n(COCc4ccccc4)c3=O)[C@@H](NC1=O)C2OCc1ccccc1. The maximum atomic E-state index is 13.4. The molecule has 36 heavy (non-hydrogen) atoms. The summed E-state index contributed by atoms with van der Waals surface area (Å²) in [6.07, 6.45) is 0.435. The molecule has 9 heteroatoms. The van der Waals surface area contributed by atoms with E-state index in [0.29, 0.717) is 18.6 Å². The Morgan fingerprint density at radius 1 is 0.972 bits per heavy atom. The number of hydrogen-bond donors (Lipinski definition) is 1. The topological polar surface area (TPSA) is 101 Å². The Hall–Kier alpha value is -3.53. The van der Waals surface area contributed by atoms with Crippen LogP contribution in [0, 0.1) is 6.92 Å². The summed E-state index contributed by atoms with van der Waals surface area (Å²) in [6.45, 7) is 3.85. The molecule has 1 amide bonds. The predicted octanol–water partition coefficient (Wildman–Crippen LogP) is 2.25. The summed E-state index contributed by atoms with van der Waals surface area (Å²) >= 11 is 0. The van der Waals surface area contributed by atoms with Crippen molar-refractivity contribution in [2.45, 2.75) is 64.2 Å². The first-order valence-corrected chi connectivity index (χ1v) is 12.0. The van der Waals surface area contributed by atoms with Crippen LogP contribution in [0.2, 0.25) is 0 Å². The largest absolute Gasteiger partial charge is 0.368 e. The standard InChI is InChI=1S/C27H29N3O6/c1-3-27-22(35-16-20-12-8-5-9-13-20)21(28-25(27)32)24(36-27)29-14-18(2)23(31)30(26(29)33)17-34-15-19-10-6-4-7-11-19/h4-14,21-22,24H,3,15-17H2,1-2H3,(H,28,32)/t21-,22?,24+,27-/m0/s1.